The topological polar surface area (TPSA) is 79.1 Å². The Morgan fingerprint density at radius 3 is 3.06 bits per heavy atom. The van der Waals surface area contributed by atoms with Crippen molar-refractivity contribution in [2.45, 2.75) is 11.6 Å². The summed E-state index contributed by atoms with van der Waals surface area (Å²) in [5.41, 5.74) is 0.618. The van der Waals surface area contributed by atoms with Crippen LogP contribution in [-0.4, -0.2) is 27.3 Å². The van der Waals surface area contributed by atoms with E-state index in [2.05, 4.69) is 9.97 Å². The molecule has 0 spiro atoms. The van der Waals surface area contributed by atoms with Crippen LogP contribution in [0.15, 0.2) is 28.0 Å². The molecule has 5 nitrogen and oxygen atoms in total. The average molecular weight is 238 g/mol. The molecule has 6 heteroatoms. The van der Waals surface area contributed by atoms with Crippen LogP contribution in [0.1, 0.15) is 21.9 Å². The van der Waals surface area contributed by atoms with E-state index in [0.717, 1.165) is 0 Å². The van der Waals surface area contributed by atoms with Crippen LogP contribution in [0.4, 0.5) is 0 Å². The highest BCUT2D eigenvalue weighted by Gasteiger charge is 2.17. The molecule has 0 amide bonds. The average Bonchev–Trinajstić information content (AvgIpc) is 2.87. The second-order valence-electron chi connectivity index (χ2n) is 3.13. The zero-order valence-electron chi connectivity index (χ0n) is 8.56. The summed E-state index contributed by atoms with van der Waals surface area (Å²) in [5, 5.41) is 9.58. The fraction of sp³-hybridized carbons (Fsp3) is 0.200. The fourth-order valence-corrected chi connectivity index (χ4v) is 1.78. The molecular weight excluding hydrogens is 228 g/mol. The first-order valence-electron chi connectivity index (χ1n) is 4.59. The van der Waals surface area contributed by atoms with Crippen molar-refractivity contribution in [3.05, 3.63) is 35.5 Å². The second-order valence-corrected chi connectivity index (χ2v) is 3.93. The molecule has 0 saturated carbocycles. The third-order valence-electron chi connectivity index (χ3n) is 2.08. The minimum atomic E-state index is -1.03. The maximum absolute atomic E-state index is 11.0. The molecule has 0 saturated heterocycles. The van der Waals surface area contributed by atoms with Crippen molar-refractivity contribution in [2.75, 3.05) is 6.26 Å². The van der Waals surface area contributed by atoms with E-state index < -0.39 is 5.97 Å². The molecule has 0 bridgehead atoms. The van der Waals surface area contributed by atoms with E-state index >= 15 is 0 Å². The molecule has 0 aliphatic heterocycles. The number of hydrogen-bond acceptors (Lipinski definition) is 4. The van der Waals surface area contributed by atoms with Gasteiger partial charge in [0.2, 0.25) is 0 Å². The van der Waals surface area contributed by atoms with Crippen LogP contribution in [0.2, 0.25) is 0 Å². The molecular formula is C10H10N2O3S. The van der Waals surface area contributed by atoms with Gasteiger partial charge in [0.15, 0.2) is 10.9 Å². The standard InChI is InChI=1S/C10H10N2O3S/c1-16-10-11-7(8(12-10)9(13)14)5-6-3-2-4-15-6/h2-4H,5H2,1H3,(H,11,12)(H,13,14). The van der Waals surface area contributed by atoms with Crippen molar-refractivity contribution in [3.8, 4) is 0 Å². The Labute approximate surface area is 95.9 Å². The Balaban J connectivity index is 2.31. The molecule has 0 aliphatic rings. The lowest BCUT2D eigenvalue weighted by atomic mass is 10.2. The van der Waals surface area contributed by atoms with Crippen LogP contribution < -0.4 is 0 Å². The lowest BCUT2D eigenvalue weighted by Crippen LogP contribution is -2.02. The number of aromatic amines is 1. The molecule has 0 unspecified atom stereocenters. The summed E-state index contributed by atoms with van der Waals surface area (Å²) in [7, 11) is 0. The van der Waals surface area contributed by atoms with Crippen molar-refractivity contribution >= 4 is 17.7 Å². The Kier molecular flexibility index (Phi) is 3.00. The van der Waals surface area contributed by atoms with Gasteiger partial charge in [-0.05, 0) is 18.4 Å². The molecule has 0 atom stereocenters. The van der Waals surface area contributed by atoms with Gasteiger partial charge in [0, 0.05) is 6.42 Å². The highest BCUT2D eigenvalue weighted by atomic mass is 32.2. The number of aromatic carboxylic acids is 1. The first kappa shape index (κ1) is 10.8. The van der Waals surface area contributed by atoms with Gasteiger partial charge in [-0.15, -0.1) is 0 Å². The molecule has 0 aromatic carbocycles. The van der Waals surface area contributed by atoms with Crippen molar-refractivity contribution in [1.29, 1.82) is 0 Å². The number of carbonyl (C=O) groups is 1. The number of carboxylic acids is 1. The number of nitrogens with zero attached hydrogens (tertiary/aromatic N) is 1. The summed E-state index contributed by atoms with van der Waals surface area (Å²) in [6.45, 7) is 0. The van der Waals surface area contributed by atoms with Gasteiger partial charge in [-0.1, -0.05) is 11.8 Å². The van der Waals surface area contributed by atoms with Gasteiger partial charge in [-0.2, -0.15) is 0 Å². The molecule has 2 aromatic heterocycles. The Morgan fingerprint density at radius 2 is 2.50 bits per heavy atom. The van der Waals surface area contributed by atoms with Gasteiger partial charge in [0.25, 0.3) is 0 Å². The summed E-state index contributed by atoms with van der Waals surface area (Å²) in [6.07, 6.45) is 3.80. The van der Waals surface area contributed by atoms with Gasteiger partial charge in [-0.25, -0.2) is 9.78 Å². The smallest absolute Gasteiger partial charge is 0.356 e. The number of H-pyrrole nitrogens is 1. The molecule has 84 valence electrons. The highest BCUT2D eigenvalue weighted by Crippen LogP contribution is 2.17. The Morgan fingerprint density at radius 1 is 1.69 bits per heavy atom. The van der Waals surface area contributed by atoms with Crippen LogP contribution in [0, 0.1) is 0 Å². The minimum Gasteiger partial charge on any atom is -0.476 e. The Bertz CT molecular complexity index is 490. The van der Waals surface area contributed by atoms with Crippen molar-refractivity contribution in [3.63, 3.8) is 0 Å². The number of imidazole rings is 1. The van der Waals surface area contributed by atoms with E-state index in [0.29, 0.717) is 23.0 Å². The number of aromatic nitrogens is 2. The number of rotatable bonds is 4. The molecule has 2 rings (SSSR count). The third-order valence-corrected chi connectivity index (χ3v) is 2.66. The zero-order chi connectivity index (χ0) is 11.5. The number of furan rings is 1. The maximum atomic E-state index is 11.0. The van der Waals surface area contributed by atoms with Crippen molar-refractivity contribution in [2.24, 2.45) is 0 Å². The molecule has 0 aliphatic carbocycles. The largest absolute Gasteiger partial charge is 0.476 e. The van der Waals surface area contributed by atoms with Crippen molar-refractivity contribution < 1.29 is 14.3 Å². The van der Waals surface area contributed by atoms with Gasteiger partial charge < -0.3 is 14.5 Å². The molecule has 2 aromatic rings. The quantitative estimate of drug-likeness (QED) is 0.796. The first-order valence-corrected chi connectivity index (χ1v) is 5.81. The number of nitrogens with one attached hydrogen (secondary N) is 1. The second kappa shape index (κ2) is 4.44. The lowest BCUT2D eigenvalue weighted by molar-refractivity contribution is 0.0689. The number of hydrogen-bond donors (Lipinski definition) is 2. The zero-order valence-corrected chi connectivity index (χ0v) is 9.37. The summed E-state index contributed by atoms with van der Waals surface area (Å²) in [4.78, 5) is 17.9. The monoisotopic (exact) mass is 238 g/mol. The number of thioether (sulfide) groups is 1. The van der Waals surface area contributed by atoms with Crippen LogP contribution in [-0.2, 0) is 6.42 Å². The Hall–Kier alpha value is -1.69. The fourth-order valence-electron chi connectivity index (χ4n) is 1.37. The SMILES string of the molecule is CSc1nc(C(=O)O)c(Cc2ccco2)[nH]1. The van der Waals surface area contributed by atoms with Gasteiger partial charge in [0.1, 0.15) is 5.76 Å². The molecule has 0 fully saturated rings. The van der Waals surface area contributed by atoms with Crippen molar-refractivity contribution in [1.82, 2.24) is 9.97 Å². The summed E-state index contributed by atoms with van der Waals surface area (Å²) < 4.78 is 5.17. The predicted molar refractivity (Wildman–Crippen MR) is 58.8 cm³/mol. The molecule has 0 radical (unpaired) electrons. The summed E-state index contributed by atoms with van der Waals surface area (Å²) in [6, 6.07) is 3.56. The van der Waals surface area contributed by atoms with E-state index in [1.165, 1.54) is 11.8 Å². The summed E-state index contributed by atoms with van der Waals surface area (Å²) >= 11 is 1.37. The van der Waals surface area contributed by atoms with E-state index in [4.69, 9.17) is 9.52 Å². The van der Waals surface area contributed by atoms with Crippen LogP contribution in [0.25, 0.3) is 0 Å². The third kappa shape index (κ3) is 2.11. The highest BCUT2D eigenvalue weighted by molar-refractivity contribution is 7.98. The molecule has 2 heterocycles. The van der Waals surface area contributed by atoms with Crippen LogP contribution >= 0.6 is 11.8 Å². The van der Waals surface area contributed by atoms with E-state index in [-0.39, 0.29) is 5.69 Å². The first-order chi connectivity index (χ1) is 7.70. The van der Waals surface area contributed by atoms with E-state index in [1.54, 1.807) is 18.4 Å². The predicted octanol–water partition coefficient (Wildman–Crippen LogP) is 2.01. The molecule has 16 heavy (non-hydrogen) atoms. The number of carboxylic acid groups (broad SMARTS) is 1. The van der Waals surface area contributed by atoms with Crippen LogP contribution in [0.3, 0.4) is 0 Å². The minimum absolute atomic E-state index is 0.0563. The lowest BCUT2D eigenvalue weighted by Gasteiger charge is -1.95. The van der Waals surface area contributed by atoms with E-state index in [1.807, 2.05) is 6.26 Å². The van der Waals surface area contributed by atoms with Gasteiger partial charge in [-0.3, -0.25) is 0 Å². The van der Waals surface area contributed by atoms with Crippen LogP contribution in [0.5, 0.6) is 0 Å². The van der Waals surface area contributed by atoms with Gasteiger partial charge in [0.05, 0.1) is 12.0 Å². The normalized spacial score (nSPS) is 10.6. The maximum Gasteiger partial charge on any atom is 0.356 e. The molecule has 2 N–H and O–H groups in total. The summed E-state index contributed by atoms with van der Waals surface area (Å²) in [5.74, 6) is -0.322. The van der Waals surface area contributed by atoms with Gasteiger partial charge >= 0.3 is 5.97 Å². The van der Waals surface area contributed by atoms with E-state index in [9.17, 15) is 4.79 Å².